The van der Waals surface area contributed by atoms with Crippen LogP contribution in [0, 0.1) is 0 Å². The molecule has 11 nitrogen and oxygen atoms in total. The number of nitrogens with zero attached hydrogens (tertiary/aromatic N) is 4. The van der Waals surface area contributed by atoms with Crippen molar-refractivity contribution in [3.05, 3.63) is 60.8 Å². The van der Waals surface area contributed by atoms with E-state index >= 15 is 0 Å². The summed E-state index contributed by atoms with van der Waals surface area (Å²) in [6.45, 7) is 2.94. The van der Waals surface area contributed by atoms with Gasteiger partial charge in [0.25, 0.3) is 0 Å². The number of hydrogen-bond donors (Lipinski definition) is 4. The number of ether oxygens (including phenoxy) is 1. The molecule has 0 bridgehead atoms. The fourth-order valence-electron chi connectivity index (χ4n) is 3.59. The number of carbonyl (C=O) groups is 2. The van der Waals surface area contributed by atoms with Gasteiger partial charge in [0.2, 0.25) is 24.1 Å². The van der Waals surface area contributed by atoms with Crippen LogP contribution in [-0.2, 0) is 15.8 Å². The minimum absolute atomic E-state index is 0.00721. The lowest BCUT2D eigenvalue weighted by Crippen LogP contribution is -2.35. The van der Waals surface area contributed by atoms with Crippen molar-refractivity contribution in [2.75, 3.05) is 47.6 Å². The van der Waals surface area contributed by atoms with Crippen LogP contribution in [-0.4, -0.2) is 60.2 Å². The number of alkyl halides is 6. The molecule has 2 aromatic heterocycles. The first kappa shape index (κ1) is 32.4. The van der Waals surface area contributed by atoms with Crippen LogP contribution in [0.4, 0.5) is 61.0 Å². The molecule has 230 valence electrons. The highest BCUT2D eigenvalue weighted by Crippen LogP contribution is 2.36. The highest BCUT2D eigenvalue weighted by molar-refractivity contribution is 5.99. The lowest BCUT2D eigenvalue weighted by Gasteiger charge is -2.25. The van der Waals surface area contributed by atoms with Gasteiger partial charge in [-0.25, -0.2) is 4.98 Å². The standard InChI is InChI=1S/C26H26F6N8O3/c1-3-21(42)35-16-5-4-6-17(13-16)36-22-18(26(30,31)32)14-34-24(39-22)37-19-7-8-20(38-23(19)43-2)40(12-10-33-15-41)11-9-25(27,28)29/h3-8,13-15H,1,9-12H2,2H3,(H,33,41)(H,35,42)(H2,34,36,37,39). The van der Waals surface area contributed by atoms with Crippen molar-refractivity contribution in [1.29, 1.82) is 0 Å². The Bertz CT molecular complexity index is 1430. The maximum Gasteiger partial charge on any atom is 0.421 e. The lowest BCUT2D eigenvalue weighted by atomic mass is 10.2. The summed E-state index contributed by atoms with van der Waals surface area (Å²) in [6, 6.07) is 8.62. The average molecular weight is 613 g/mol. The number of amides is 2. The van der Waals surface area contributed by atoms with E-state index in [1.54, 1.807) is 0 Å². The van der Waals surface area contributed by atoms with Crippen molar-refractivity contribution in [2.45, 2.75) is 18.8 Å². The van der Waals surface area contributed by atoms with Crippen LogP contribution in [0.3, 0.4) is 0 Å². The Morgan fingerprint density at radius 1 is 1.05 bits per heavy atom. The van der Waals surface area contributed by atoms with Crippen LogP contribution < -0.4 is 30.9 Å². The number of hydrogen-bond acceptors (Lipinski definition) is 9. The van der Waals surface area contributed by atoms with E-state index in [0.717, 1.165) is 6.08 Å². The summed E-state index contributed by atoms with van der Waals surface area (Å²) in [5.41, 5.74) is -0.613. The van der Waals surface area contributed by atoms with Crippen LogP contribution in [0.25, 0.3) is 0 Å². The van der Waals surface area contributed by atoms with Gasteiger partial charge in [-0.2, -0.15) is 36.3 Å². The molecule has 0 saturated carbocycles. The van der Waals surface area contributed by atoms with Gasteiger partial charge < -0.3 is 30.9 Å². The topological polar surface area (TPSA) is 133 Å². The summed E-state index contributed by atoms with van der Waals surface area (Å²) < 4.78 is 85.1. The van der Waals surface area contributed by atoms with Crippen LogP contribution >= 0.6 is 0 Å². The van der Waals surface area contributed by atoms with E-state index in [1.165, 1.54) is 48.4 Å². The highest BCUT2D eigenvalue weighted by atomic mass is 19.4. The van der Waals surface area contributed by atoms with Gasteiger partial charge >= 0.3 is 12.4 Å². The molecule has 2 heterocycles. The maximum atomic E-state index is 13.8. The SMILES string of the molecule is C=CC(=O)Nc1cccc(Nc2nc(Nc3ccc(N(CCNC=O)CCC(F)(F)F)nc3OC)ncc2C(F)(F)F)c1. The Balaban J connectivity index is 1.90. The molecule has 0 fully saturated rings. The zero-order chi connectivity index (χ0) is 31.6. The van der Waals surface area contributed by atoms with Gasteiger partial charge in [0.05, 0.1) is 13.5 Å². The third kappa shape index (κ3) is 9.75. The summed E-state index contributed by atoms with van der Waals surface area (Å²) in [7, 11) is 1.24. The van der Waals surface area contributed by atoms with Crippen molar-refractivity contribution < 1.29 is 40.7 Å². The fourth-order valence-corrected chi connectivity index (χ4v) is 3.59. The van der Waals surface area contributed by atoms with Gasteiger partial charge in [-0.3, -0.25) is 9.59 Å². The van der Waals surface area contributed by atoms with Gasteiger partial charge in [0, 0.05) is 37.2 Å². The van der Waals surface area contributed by atoms with E-state index in [4.69, 9.17) is 4.74 Å². The normalized spacial score (nSPS) is 11.3. The molecule has 2 amide bonds. The summed E-state index contributed by atoms with van der Waals surface area (Å²) in [4.78, 5) is 35.4. The number of aromatic nitrogens is 3. The van der Waals surface area contributed by atoms with Crippen LogP contribution in [0.1, 0.15) is 12.0 Å². The first-order valence-corrected chi connectivity index (χ1v) is 12.4. The molecule has 43 heavy (non-hydrogen) atoms. The summed E-state index contributed by atoms with van der Waals surface area (Å²) >= 11 is 0. The van der Waals surface area contributed by atoms with E-state index in [2.05, 4.69) is 42.8 Å². The van der Waals surface area contributed by atoms with Crippen LogP contribution in [0.15, 0.2) is 55.3 Å². The van der Waals surface area contributed by atoms with E-state index in [1.807, 2.05) is 0 Å². The molecule has 1 aromatic carbocycles. The zero-order valence-electron chi connectivity index (χ0n) is 22.5. The quantitative estimate of drug-likeness (QED) is 0.0858. The van der Waals surface area contributed by atoms with Crippen molar-refractivity contribution >= 4 is 47.0 Å². The second-order valence-electron chi connectivity index (χ2n) is 8.63. The van der Waals surface area contributed by atoms with Crippen LogP contribution in [0.2, 0.25) is 0 Å². The van der Waals surface area contributed by atoms with E-state index in [0.29, 0.717) is 12.6 Å². The largest absolute Gasteiger partial charge is 0.479 e. The van der Waals surface area contributed by atoms with Gasteiger partial charge in [-0.05, 0) is 36.4 Å². The number of methoxy groups -OCH3 is 1. The predicted octanol–water partition coefficient (Wildman–Crippen LogP) is 5.02. The summed E-state index contributed by atoms with van der Waals surface area (Å²) in [5.74, 6) is -1.43. The molecule has 17 heteroatoms. The second-order valence-corrected chi connectivity index (χ2v) is 8.63. The molecule has 3 aromatic rings. The van der Waals surface area contributed by atoms with Crippen molar-refractivity contribution in [3.63, 3.8) is 0 Å². The molecule has 0 aliphatic carbocycles. The Kier molecular flexibility index (Phi) is 10.7. The molecule has 0 spiro atoms. The molecular weight excluding hydrogens is 586 g/mol. The van der Waals surface area contributed by atoms with Crippen molar-refractivity contribution in [3.8, 4) is 5.88 Å². The molecule has 0 radical (unpaired) electrons. The number of rotatable bonds is 14. The number of carbonyl (C=O) groups excluding carboxylic acids is 2. The Labute approximate surface area is 241 Å². The Morgan fingerprint density at radius 2 is 1.79 bits per heavy atom. The molecule has 0 aliphatic rings. The van der Waals surface area contributed by atoms with E-state index < -0.39 is 42.6 Å². The zero-order valence-corrected chi connectivity index (χ0v) is 22.5. The number of anilines is 6. The van der Waals surface area contributed by atoms with E-state index in [-0.39, 0.29) is 47.8 Å². The Hall–Kier alpha value is -5.09. The number of pyridine rings is 1. The van der Waals surface area contributed by atoms with Crippen molar-refractivity contribution in [1.82, 2.24) is 20.3 Å². The van der Waals surface area contributed by atoms with Gasteiger partial charge in [0.1, 0.15) is 22.9 Å². The second kappa shape index (κ2) is 14.2. The summed E-state index contributed by atoms with van der Waals surface area (Å²) in [6.07, 6.45) is -8.40. The van der Waals surface area contributed by atoms with E-state index in [9.17, 15) is 35.9 Å². The smallest absolute Gasteiger partial charge is 0.421 e. The Morgan fingerprint density at radius 3 is 2.44 bits per heavy atom. The molecule has 4 N–H and O–H groups in total. The molecular formula is C26H26F6N8O3. The molecule has 0 aliphatic heterocycles. The molecule has 0 saturated heterocycles. The highest BCUT2D eigenvalue weighted by Gasteiger charge is 2.35. The summed E-state index contributed by atoms with van der Waals surface area (Å²) in [5, 5.41) is 10.1. The minimum atomic E-state index is -4.82. The maximum absolute atomic E-state index is 13.8. The fraction of sp³-hybridized carbons (Fsp3) is 0.269. The van der Waals surface area contributed by atoms with Gasteiger partial charge in [-0.15, -0.1) is 0 Å². The van der Waals surface area contributed by atoms with Gasteiger partial charge in [-0.1, -0.05) is 12.6 Å². The molecule has 0 unspecified atom stereocenters. The number of benzene rings is 1. The lowest BCUT2D eigenvalue weighted by molar-refractivity contribution is -0.137. The first-order chi connectivity index (χ1) is 20.3. The van der Waals surface area contributed by atoms with Gasteiger partial charge in [0.15, 0.2) is 0 Å². The van der Waals surface area contributed by atoms with Crippen molar-refractivity contribution in [2.24, 2.45) is 0 Å². The number of halogens is 6. The average Bonchev–Trinajstić information content (AvgIpc) is 2.94. The number of nitrogens with one attached hydrogen (secondary N) is 4. The first-order valence-electron chi connectivity index (χ1n) is 12.4. The monoisotopic (exact) mass is 612 g/mol. The predicted molar refractivity (Wildman–Crippen MR) is 147 cm³/mol. The molecule has 0 atom stereocenters. The molecule has 3 rings (SSSR count). The third-order valence-corrected chi connectivity index (χ3v) is 5.56. The third-order valence-electron chi connectivity index (χ3n) is 5.56. The minimum Gasteiger partial charge on any atom is -0.479 e. The van der Waals surface area contributed by atoms with Crippen LogP contribution in [0.5, 0.6) is 5.88 Å².